The van der Waals surface area contributed by atoms with Crippen molar-refractivity contribution in [2.75, 3.05) is 18.1 Å². The van der Waals surface area contributed by atoms with Gasteiger partial charge in [-0.1, -0.05) is 17.7 Å². The van der Waals surface area contributed by atoms with Crippen LogP contribution in [0.3, 0.4) is 0 Å². The van der Waals surface area contributed by atoms with E-state index in [1.165, 1.54) is 5.69 Å². The average Bonchev–Trinajstić information content (AvgIpc) is 2.15. The molecule has 1 aromatic carbocycles. The molecule has 1 atom stereocenters. The van der Waals surface area contributed by atoms with E-state index in [1.54, 1.807) is 0 Å². The fourth-order valence-electron chi connectivity index (χ4n) is 2.45. The van der Waals surface area contributed by atoms with Crippen LogP contribution in [-0.4, -0.2) is 24.8 Å². The summed E-state index contributed by atoms with van der Waals surface area (Å²) in [6.45, 7) is 8.11. The average molecular weight is 240 g/mol. The molecule has 1 aliphatic rings. The summed E-state index contributed by atoms with van der Waals surface area (Å²) in [6, 6.07) is 8.40. The van der Waals surface area contributed by atoms with Crippen LogP contribution in [0.15, 0.2) is 24.3 Å². The van der Waals surface area contributed by atoms with E-state index in [-0.39, 0.29) is 5.54 Å². The number of morpholine rings is 1. The Kier molecular flexibility index (Phi) is 3.13. The Morgan fingerprint density at radius 1 is 1.44 bits per heavy atom. The monoisotopic (exact) mass is 239 g/mol. The van der Waals surface area contributed by atoms with Gasteiger partial charge >= 0.3 is 0 Å². The zero-order valence-electron chi connectivity index (χ0n) is 10.0. The van der Waals surface area contributed by atoms with Crippen molar-refractivity contribution in [2.24, 2.45) is 0 Å². The van der Waals surface area contributed by atoms with Crippen LogP contribution < -0.4 is 4.90 Å². The van der Waals surface area contributed by atoms with Crippen molar-refractivity contribution in [3.63, 3.8) is 0 Å². The number of ether oxygens (including phenoxy) is 1. The summed E-state index contributed by atoms with van der Waals surface area (Å²) >= 11 is 6.05. The molecule has 88 valence electrons. The molecule has 1 aromatic rings. The van der Waals surface area contributed by atoms with Gasteiger partial charge in [-0.3, -0.25) is 0 Å². The van der Waals surface area contributed by atoms with Gasteiger partial charge in [0.2, 0.25) is 0 Å². The van der Waals surface area contributed by atoms with E-state index >= 15 is 0 Å². The van der Waals surface area contributed by atoms with E-state index in [0.717, 1.165) is 18.2 Å². The summed E-state index contributed by atoms with van der Waals surface area (Å²) in [5.41, 5.74) is 1.19. The molecule has 2 nitrogen and oxygen atoms in total. The van der Waals surface area contributed by atoms with E-state index in [9.17, 15) is 0 Å². The van der Waals surface area contributed by atoms with Crippen LogP contribution in [-0.2, 0) is 4.74 Å². The summed E-state index contributed by atoms with van der Waals surface area (Å²) in [5, 5.41) is 0.784. The third-order valence-electron chi connectivity index (χ3n) is 2.99. The SMILES string of the molecule is CC1COCC(C)(C)N1c1cccc(Cl)c1. The van der Waals surface area contributed by atoms with Crippen molar-refractivity contribution in [2.45, 2.75) is 32.4 Å². The minimum atomic E-state index is 0.0162. The molecule has 16 heavy (non-hydrogen) atoms. The first-order valence-electron chi connectivity index (χ1n) is 5.63. The van der Waals surface area contributed by atoms with E-state index in [1.807, 2.05) is 18.2 Å². The molecule has 0 aliphatic carbocycles. The zero-order chi connectivity index (χ0) is 11.8. The molecule has 0 radical (unpaired) electrons. The van der Waals surface area contributed by atoms with E-state index in [2.05, 4.69) is 31.7 Å². The first-order chi connectivity index (χ1) is 7.50. The van der Waals surface area contributed by atoms with Gasteiger partial charge < -0.3 is 9.64 Å². The van der Waals surface area contributed by atoms with Gasteiger partial charge in [0, 0.05) is 10.7 Å². The van der Waals surface area contributed by atoms with Crippen molar-refractivity contribution in [1.29, 1.82) is 0 Å². The highest BCUT2D eigenvalue weighted by Crippen LogP contribution is 2.31. The van der Waals surface area contributed by atoms with Gasteiger partial charge in [0.25, 0.3) is 0 Å². The lowest BCUT2D eigenvalue weighted by atomic mass is 9.98. The first-order valence-corrected chi connectivity index (χ1v) is 6.01. The lowest BCUT2D eigenvalue weighted by Crippen LogP contribution is -2.57. The van der Waals surface area contributed by atoms with Crippen LogP contribution in [0.4, 0.5) is 5.69 Å². The molecule has 0 bridgehead atoms. The molecule has 1 heterocycles. The molecule has 0 aromatic heterocycles. The quantitative estimate of drug-likeness (QED) is 0.745. The molecule has 0 saturated carbocycles. The third-order valence-corrected chi connectivity index (χ3v) is 3.23. The van der Waals surface area contributed by atoms with Gasteiger partial charge in [-0.15, -0.1) is 0 Å². The standard InChI is InChI=1S/C13H18ClNO/c1-10-8-16-9-13(2,3)15(10)12-6-4-5-11(14)7-12/h4-7,10H,8-9H2,1-3H3. The maximum Gasteiger partial charge on any atom is 0.0694 e. The van der Waals surface area contributed by atoms with E-state index in [0.29, 0.717) is 6.04 Å². The molecular formula is C13H18ClNO. The second-order valence-electron chi connectivity index (χ2n) is 5.03. The normalized spacial score (nSPS) is 24.5. The highest BCUT2D eigenvalue weighted by Gasteiger charge is 2.35. The summed E-state index contributed by atoms with van der Waals surface area (Å²) in [5.74, 6) is 0. The molecule has 1 fully saturated rings. The Balaban J connectivity index is 2.36. The van der Waals surface area contributed by atoms with Gasteiger partial charge in [0.15, 0.2) is 0 Å². The topological polar surface area (TPSA) is 12.5 Å². The van der Waals surface area contributed by atoms with Gasteiger partial charge in [-0.25, -0.2) is 0 Å². The highest BCUT2D eigenvalue weighted by atomic mass is 35.5. The third kappa shape index (κ3) is 2.18. The maximum absolute atomic E-state index is 6.05. The molecule has 1 aliphatic heterocycles. The van der Waals surface area contributed by atoms with Crippen LogP contribution in [0, 0.1) is 0 Å². The fourth-order valence-corrected chi connectivity index (χ4v) is 2.63. The first kappa shape index (κ1) is 11.7. The number of halogens is 1. The van der Waals surface area contributed by atoms with Crippen LogP contribution in [0.1, 0.15) is 20.8 Å². The van der Waals surface area contributed by atoms with Gasteiger partial charge in [-0.05, 0) is 39.0 Å². The minimum Gasteiger partial charge on any atom is -0.377 e. The van der Waals surface area contributed by atoms with Crippen molar-refractivity contribution in [1.82, 2.24) is 0 Å². The van der Waals surface area contributed by atoms with Gasteiger partial charge in [0.05, 0.1) is 24.8 Å². The molecule has 1 saturated heterocycles. The van der Waals surface area contributed by atoms with Crippen LogP contribution in [0.5, 0.6) is 0 Å². The molecular weight excluding hydrogens is 222 g/mol. The Hall–Kier alpha value is -0.730. The van der Waals surface area contributed by atoms with Crippen molar-refractivity contribution < 1.29 is 4.74 Å². The Labute approximate surface area is 102 Å². The smallest absolute Gasteiger partial charge is 0.0694 e. The molecule has 1 unspecified atom stereocenters. The Morgan fingerprint density at radius 2 is 2.19 bits per heavy atom. The van der Waals surface area contributed by atoms with Gasteiger partial charge in [0.1, 0.15) is 0 Å². The summed E-state index contributed by atoms with van der Waals surface area (Å²) in [7, 11) is 0. The number of rotatable bonds is 1. The lowest BCUT2D eigenvalue weighted by molar-refractivity contribution is 0.0420. The van der Waals surface area contributed by atoms with Crippen molar-refractivity contribution in [3.05, 3.63) is 29.3 Å². The summed E-state index contributed by atoms with van der Waals surface area (Å²) in [4.78, 5) is 2.39. The van der Waals surface area contributed by atoms with Gasteiger partial charge in [-0.2, -0.15) is 0 Å². The molecule has 0 amide bonds. The summed E-state index contributed by atoms with van der Waals surface area (Å²) < 4.78 is 5.60. The largest absolute Gasteiger partial charge is 0.377 e. The second kappa shape index (κ2) is 4.27. The lowest BCUT2D eigenvalue weighted by Gasteiger charge is -2.48. The number of benzene rings is 1. The predicted molar refractivity (Wildman–Crippen MR) is 68.3 cm³/mol. The van der Waals surface area contributed by atoms with Crippen LogP contribution >= 0.6 is 11.6 Å². The molecule has 0 spiro atoms. The molecule has 2 rings (SSSR count). The van der Waals surface area contributed by atoms with Crippen molar-refractivity contribution in [3.8, 4) is 0 Å². The number of nitrogens with zero attached hydrogens (tertiary/aromatic N) is 1. The van der Waals surface area contributed by atoms with Crippen LogP contribution in [0.25, 0.3) is 0 Å². The second-order valence-corrected chi connectivity index (χ2v) is 5.46. The Bertz CT molecular complexity index is 378. The van der Waals surface area contributed by atoms with Crippen molar-refractivity contribution >= 4 is 17.3 Å². The number of hydrogen-bond acceptors (Lipinski definition) is 2. The molecule has 3 heteroatoms. The summed E-state index contributed by atoms with van der Waals surface area (Å²) in [6.07, 6.45) is 0. The predicted octanol–water partition coefficient (Wildman–Crippen LogP) is 3.34. The Morgan fingerprint density at radius 3 is 2.81 bits per heavy atom. The minimum absolute atomic E-state index is 0.0162. The maximum atomic E-state index is 6.05. The number of hydrogen-bond donors (Lipinski definition) is 0. The van der Waals surface area contributed by atoms with E-state index < -0.39 is 0 Å². The zero-order valence-corrected chi connectivity index (χ0v) is 10.8. The van der Waals surface area contributed by atoms with E-state index in [4.69, 9.17) is 16.3 Å². The molecule has 0 N–H and O–H groups in total. The number of anilines is 1. The van der Waals surface area contributed by atoms with Crippen LogP contribution in [0.2, 0.25) is 5.02 Å². The fraction of sp³-hybridized carbons (Fsp3) is 0.538. The highest BCUT2D eigenvalue weighted by molar-refractivity contribution is 6.30.